The Bertz CT molecular complexity index is 491. The molecule has 0 unspecified atom stereocenters. The van der Waals surface area contributed by atoms with Gasteiger partial charge in [0.25, 0.3) is 0 Å². The number of rotatable bonds is 5. The Hall–Kier alpha value is -2.24. The summed E-state index contributed by atoms with van der Waals surface area (Å²) in [6, 6.07) is 0. The highest BCUT2D eigenvalue weighted by Gasteiger charge is 2.19. The largest absolute Gasteiger partial charge is 0.461 e. The summed E-state index contributed by atoms with van der Waals surface area (Å²) in [5.74, 6) is -0.421. The van der Waals surface area contributed by atoms with Crippen LogP contribution < -0.4 is 5.32 Å². The van der Waals surface area contributed by atoms with E-state index in [1.807, 2.05) is 0 Å². The molecule has 0 aliphatic carbocycles. The Kier molecular flexibility index (Phi) is 5.17. The Balaban J connectivity index is 2.87. The van der Waals surface area contributed by atoms with Gasteiger partial charge in [-0.15, -0.1) is 0 Å². The molecule has 0 saturated heterocycles. The summed E-state index contributed by atoms with van der Waals surface area (Å²) in [6.45, 7) is 7.35. The maximum Gasteiger partial charge on any atom is 0.411 e. The minimum absolute atomic E-state index is 0.127. The number of hydrogen-bond donors (Lipinski definition) is 1. The first-order valence-corrected chi connectivity index (χ1v) is 5.89. The lowest BCUT2D eigenvalue weighted by Crippen LogP contribution is -2.14. The van der Waals surface area contributed by atoms with Crippen molar-refractivity contribution in [2.45, 2.75) is 13.8 Å². The molecule has 0 fully saturated rings. The first kappa shape index (κ1) is 14.8. The summed E-state index contributed by atoms with van der Waals surface area (Å²) in [7, 11) is 1.71. The summed E-state index contributed by atoms with van der Waals surface area (Å²) < 4.78 is 11.4. The highest BCUT2D eigenvalue weighted by Crippen LogP contribution is 2.22. The van der Waals surface area contributed by atoms with Crippen molar-refractivity contribution in [1.29, 1.82) is 0 Å². The number of aromatic nitrogens is 1. The molecule has 1 heterocycles. The van der Waals surface area contributed by atoms with Crippen molar-refractivity contribution in [1.82, 2.24) is 4.57 Å². The summed E-state index contributed by atoms with van der Waals surface area (Å²) in [5.41, 5.74) is 1.55. The Labute approximate surface area is 112 Å². The van der Waals surface area contributed by atoms with Crippen molar-refractivity contribution >= 4 is 17.7 Å². The van der Waals surface area contributed by atoms with E-state index in [4.69, 9.17) is 9.47 Å². The second kappa shape index (κ2) is 6.63. The van der Waals surface area contributed by atoms with Crippen LogP contribution in [0.15, 0.2) is 18.9 Å². The van der Waals surface area contributed by atoms with Crippen LogP contribution in [-0.4, -0.2) is 29.8 Å². The minimum Gasteiger partial charge on any atom is -0.461 e. The molecule has 0 aliphatic heterocycles. The zero-order valence-electron chi connectivity index (χ0n) is 11.4. The molecule has 0 saturated carbocycles. The summed E-state index contributed by atoms with van der Waals surface area (Å²) in [4.78, 5) is 23.2. The number of aryl methyl sites for hydroxylation is 1. The maximum atomic E-state index is 11.8. The molecule has 0 atom stereocenters. The van der Waals surface area contributed by atoms with Crippen LogP contribution in [0.1, 0.15) is 23.0 Å². The molecule has 6 nitrogen and oxygen atoms in total. The monoisotopic (exact) mass is 266 g/mol. The second-order valence-corrected chi connectivity index (χ2v) is 3.86. The number of anilines is 1. The lowest BCUT2D eigenvalue weighted by molar-refractivity contribution is 0.0514. The van der Waals surface area contributed by atoms with Crippen molar-refractivity contribution in [2.24, 2.45) is 7.05 Å². The van der Waals surface area contributed by atoms with E-state index in [-0.39, 0.29) is 6.61 Å². The topological polar surface area (TPSA) is 69.6 Å². The Morgan fingerprint density at radius 2 is 2.16 bits per heavy atom. The lowest BCUT2D eigenvalue weighted by Gasteiger charge is -2.05. The van der Waals surface area contributed by atoms with E-state index in [9.17, 15) is 9.59 Å². The number of carbonyl (C=O) groups is 2. The average molecular weight is 266 g/mol. The number of hydrogen-bond acceptors (Lipinski definition) is 4. The first-order valence-electron chi connectivity index (χ1n) is 5.89. The fourth-order valence-electron chi connectivity index (χ4n) is 1.65. The van der Waals surface area contributed by atoms with Gasteiger partial charge in [0.2, 0.25) is 0 Å². The zero-order valence-corrected chi connectivity index (χ0v) is 11.4. The van der Waals surface area contributed by atoms with Crippen LogP contribution in [0.3, 0.4) is 0 Å². The van der Waals surface area contributed by atoms with E-state index in [2.05, 4.69) is 11.9 Å². The molecule has 6 heteroatoms. The molecular formula is C13H18N2O4. The molecule has 1 rings (SSSR count). The van der Waals surface area contributed by atoms with E-state index in [1.165, 1.54) is 6.08 Å². The van der Waals surface area contributed by atoms with Crippen LogP contribution in [0, 0.1) is 6.92 Å². The zero-order chi connectivity index (χ0) is 14.4. The average Bonchev–Trinajstić information content (AvgIpc) is 2.62. The molecule has 104 valence electrons. The fourth-order valence-corrected chi connectivity index (χ4v) is 1.65. The molecule has 1 amide bonds. The SMILES string of the molecule is C=CCOC(=O)Nc1cn(C)c(C(=O)OCC)c1C. The molecule has 0 aliphatic rings. The molecule has 1 aromatic rings. The Morgan fingerprint density at radius 1 is 1.47 bits per heavy atom. The maximum absolute atomic E-state index is 11.8. The predicted molar refractivity (Wildman–Crippen MR) is 71.3 cm³/mol. The highest BCUT2D eigenvalue weighted by atomic mass is 16.5. The van der Waals surface area contributed by atoms with Gasteiger partial charge in [0, 0.05) is 18.8 Å². The van der Waals surface area contributed by atoms with Gasteiger partial charge in [0.15, 0.2) is 0 Å². The number of carbonyl (C=O) groups excluding carboxylic acids is 2. The standard InChI is InChI=1S/C13H18N2O4/c1-5-7-19-13(17)14-10-8-15(4)11(9(10)3)12(16)18-6-2/h5,8H,1,6-7H2,2-4H3,(H,14,17). The second-order valence-electron chi connectivity index (χ2n) is 3.86. The number of nitrogens with one attached hydrogen (secondary N) is 1. The van der Waals surface area contributed by atoms with E-state index in [1.54, 1.807) is 31.7 Å². The highest BCUT2D eigenvalue weighted by molar-refractivity contribution is 5.94. The van der Waals surface area contributed by atoms with Gasteiger partial charge in [0.1, 0.15) is 12.3 Å². The van der Waals surface area contributed by atoms with Gasteiger partial charge in [-0.05, 0) is 13.8 Å². The molecule has 1 N–H and O–H groups in total. The van der Waals surface area contributed by atoms with Gasteiger partial charge in [-0.25, -0.2) is 9.59 Å². The first-order chi connectivity index (χ1) is 9.01. The molecule has 1 aromatic heterocycles. The van der Waals surface area contributed by atoms with Crippen molar-refractivity contribution < 1.29 is 19.1 Å². The van der Waals surface area contributed by atoms with E-state index >= 15 is 0 Å². The van der Waals surface area contributed by atoms with E-state index in [0.717, 1.165) is 0 Å². The van der Waals surface area contributed by atoms with Gasteiger partial charge in [-0.2, -0.15) is 0 Å². The number of nitrogens with zero attached hydrogens (tertiary/aromatic N) is 1. The smallest absolute Gasteiger partial charge is 0.411 e. The number of ether oxygens (including phenoxy) is 2. The molecule has 19 heavy (non-hydrogen) atoms. The molecule has 0 aromatic carbocycles. The van der Waals surface area contributed by atoms with Crippen molar-refractivity contribution in [2.75, 3.05) is 18.5 Å². The van der Waals surface area contributed by atoms with Gasteiger partial charge in [0.05, 0.1) is 12.3 Å². The van der Waals surface area contributed by atoms with Crippen LogP contribution in [0.2, 0.25) is 0 Å². The third-order valence-corrected chi connectivity index (χ3v) is 2.47. The molecule has 0 radical (unpaired) electrons. The minimum atomic E-state index is -0.594. The van der Waals surface area contributed by atoms with Gasteiger partial charge < -0.3 is 14.0 Å². The van der Waals surface area contributed by atoms with Gasteiger partial charge in [-0.3, -0.25) is 5.32 Å². The van der Waals surface area contributed by atoms with Crippen LogP contribution in [0.4, 0.5) is 10.5 Å². The molecule has 0 spiro atoms. The molecule has 0 bridgehead atoms. The third-order valence-electron chi connectivity index (χ3n) is 2.47. The summed E-state index contributed by atoms with van der Waals surface area (Å²) >= 11 is 0. The normalized spacial score (nSPS) is 9.84. The van der Waals surface area contributed by atoms with Crippen LogP contribution in [0.5, 0.6) is 0 Å². The molecular weight excluding hydrogens is 248 g/mol. The van der Waals surface area contributed by atoms with Crippen LogP contribution >= 0.6 is 0 Å². The van der Waals surface area contributed by atoms with Crippen molar-refractivity contribution in [3.8, 4) is 0 Å². The number of esters is 1. The van der Waals surface area contributed by atoms with Crippen molar-refractivity contribution in [3.05, 3.63) is 30.1 Å². The van der Waals surface area contributed by atoms with Crippen LogP contribution in [0.25, 0.3) is 0 Å². The fraction of sp³-hybridized carbons (Fsp3) is 0.385. The number of amides is 1. The van der Waals surface area contributed by atoms with E-state index < -0.39 is 12.1 Å². The quantitative estimate of drug-likeness (QED) is 0.655. The lowest BCUT2D eigenvalue weighted by atomic mass is 10.2. The summed E-state index contributed by atoms with van der Waals surface area (Å²) in [6.07, 6.45) is 2.52. The predicted octanol–water partition coefficient (Wildman–Crippen LogP) is 2.24. The van der Waals surface area contributed by atoms with Gasteiger partial charge in [-0.1, -0.05) is 12.7 Å². The third kappa shape index (κ3) is 3.61. The van der Waals surface area contributed by atoms with Gasteiger partial charge >= 0.3 is 12.1 Å². The summed E-state index contributed by atoms with van der Waals surface area (Å²) in [5, 5.41) is 2.57. The van der Waals surface area contributed by atoms with Crippen molar-refractivity contribution in [3.63, 3.8) is 0 Å². The van der Waals surface area contributed by atoms with Crippen LogP contribution in [-0.2, 0) is 16.5 Å². The van der Waals surface area contributed by atoms with E-state index in [0.29, 0.717) is 23.6 Å². The Morgan fingerprint density at radius 3 is 2.74 bits per heavy atom.